The van der Waals surface area contributed by atoms with Crippen molar-refractivity contribution in [2.75, 3.05) is 6.61 Å². The Morgan fingerprint density at radius 1 is 1.17 bits per heavy atom. The van der Waals surface area contributed by atoms with Gasteiger partial charge in [-0.1, -0.05) is 36.6 Å². The summed E-state index contributed by atoms with van der Waals surface area (Å²) >= 11 is 0. The molecule has 0 aromatic carbocycles. The van der Waals surface area contributed by atoms with Crippen molar-refractivity contribution >= 4 is 11.8 Å². The molecule has 0 amide bonds. The largest absolute Gasteiger partial charge is 0.465 e. The summed E-state index contributed by atoms with van der Waals surface area (Å²) in [6.07, 6.45) is 13.4. The van der Waals surface area contributed by atoms with E-state index in [2.05, 4.69) is 19.1 Å². The lowest BCUT2D eigenvalue weighted by molar-refractivity contribution is -0.149. The minimum absolute atomic E-state index is 0.274. The molecule has 0 spiro atoms. The van der Waals surface area contributed by atoms with Gasteiger partial charge in [-0.05, 0) is 55.8 Å². The fraction of sp³-hybridized carbons (Fsp3) is 0.714. The summed E-state index contributed by atoms with van der Waals surface area (Å²) in [7, 11) is 0. The van der Waals surface area contributed by atoms with Crippen LogP contribution < -0.4 is 0 Å². The maximum atomic E-state index is 12.7. The Hall–Kier alpha value is -1.38. The molecule has 3 heteroatoms. The third kappa shape index (κ3) is 2.16. The summed E-state index contributed by atoms with van der Waals surface area (Å²) in [5.74, 6) is 0.902. The van der Waals surface area contributed by atoms with E-state index in [0.29, 0.717) is 23.5 Å². The van der Waals surface area contributed by atoms with E-state index in [1.807, 2.05) is 0 Å². The number of ketones is 1. The van der Waals surface area contributed by atoms with Crippen LogP contribution in [0.25, 0.3) is 0 Å². The quantitative estimate of drug-likeness (QED) is 0.707. The van der Waals surface area contributed by atoms with Crippen LogP contribution in [0.2, 0.25) is 0 Å². The second-order valence-corrected chi connectivity index (χ2v) is 8.53. The SMILES string of the molecule is CC(=O)OC[C@]12CC[C@H]3C(=CC=C4CCCC[C@@]43C)[C@@H]1CCC2=O. The lowest BCUT2D eigenvalue weighted by atomic mass is 9.51. The first-order chi connectivity index (χ1) is 11.5. The van der Waals surface area contributed by atoms with Crippen molar-refractivity contribution in [3.63, 3.8) is 0 Å². The van der Waals surface area contributed by atoms with E-state index < -0.39 is 5.41 Å². The van der Waals surface area contributed by atoms with Crippen molar-refractivity contribution in [2.24, 2.45) is 22.7 Å². The van der Waals surface area contributed by atoms with Gasteiger partial charge < -0.3 is 4.74 Å². The van der Waals surface area contributed by atoms with Crippen LogP contribution in [0.15, 0.2) is 23.3 Å². The van der Waals surface area contributed by atoms with Crippen LogP contribution in [-0.2, 0) is 14.3 Å². The predicted octanol–water partition coefficient (Wildman–Crippen LogP) is 4.37. The number of Topliss-reactive ketones (excluding diaryl/α,β-unsaturated/α-hetero) is 1. The topological polar surface area (TPSA) is 43.4 Å². The Morgan fingerprint density at radius 2 is 2.00 bits per heavy atom. The van der Waals surface area contributed by atoms with Crippen molar-refractivity contribution < 1.29 is 14.3 Å². The Balaban J connectivity index is 1.70. The highest BCUT2D eigenvalue weighted by Gasteiger charge is 2.58. The summed E-state index contributed by atoms with van der Waals surface area (Å²) < 4.78 is 5.37. The van der Waals surface area contributed by atoms with Gasteiger partial charge >= 0.3 is 5.97 Å². The molecular formula is C21H28O3. The highest BCUT2D eigenvalue weighted by molar-refractivity contribution is 5.88. The van der Waals surface area contributed by atoms with Gasteiger partial charge in [-0.3, -0.25) is 9.59 Å². The zero-order valence-electron chi connectivity index (χ0n) is 14.9. The van der Waals surface area contributed by atoms with Crippen molar-refractivity contribution in [3.8, 4) is 0 Å². The van der Waals surface area contributed by atoms with E-state index >= 15 is 0 Å². The van der Waals surface area contributed by atoms with Crippen LogP contribution >= 0.6 is 0 Å². The molecule has 0 bridgehead atoms. The smallest absolute Gasteiger partial charge is 0.302 e. The molecule has 3 fully saturated rings. The molecule has 3 nitrogen and oxygen atoms in total. The van der Waals surface area contributed by atoms with Crippen molar-refractivity contribution in [1.29, 1.82) is 0 Å². The number of carbonyl (C=O) groups excluding carboxylic acids is 2. The monoisotopic (exact) mass is 328 g/mol. The molecule has 24 heavy (non-hydrogen) atoms. The maximum absolute atomic E-state index is 12.7. The van der Waals surface area contributed by atoms with Crippen molar-refractivity contribution in [2.45, 2.75) is 65.2 Å². The van der Waals surface area contributed by atoms with Gasteiger partial charge in [0, 0.05) is 13.3 Å². The fourth-order valence-electron chi connectivity index (χ4n) is 6.13. The van der Waals surface area contributed by atoms with Gasteiger partial charge in [-0.25, -0.2) is 0 Å². The molecule has 0 unspecified atom stereocenters. The van der Waals surface area contributed by atoms with Crippen LogP contribution in [-0.4, -0.2) is 18.4 Å². The molecule has 4 rings (SSSR count). The average molecular weight is 328 g/mol. The standard InChI is InChI=1S/C21H28O3/c1-14(22)24-13-21-12-10-17-16(18(21)8-9-19(21)23)7-6-15-5-3-4-11-20(15,17)2/h6-7,17-18H,3-5,8-13H2,1-2H3/t17-,18-,20-,21+/m0/s1. The summed E-state index contributed by atoms with van der Waals surface area (Å²) in [5, 5.41) is 0. The van der Waals surface area contributed by atoms with Gasteiger partial charge in [0.15, 0.2) is 0 Å². The summed E-state index contributed by atoms with van der Waals surface area (Å²) in [6, 6.07) is 0. The number of allylic oxidation sites excluding steroid dienone is 4. The van der Waals surface area contributed by atoms with Crippen LogP contribution in [0.4, 0.5) is 0 Å². The zero-order valence-corrected chi connectivity index (χ0v) is 14.9. The minimum Gasteiger partial charge on any atom is -0.465 e. The molecule has 4 aliphatic carbocycles. The molecule has 0 saturated heterocycles. The molecule has 0 aromatic heterocycles. The number of fused-ring (bicyclic) bond motifs is 5. The molecule has 0 aliphatic heterocycles. The van der Waals surface area contributed by atoms with E-state index in [4.69, 9.17) is 4.74 Å². The number of hydrogen-bond donors (Lipinski definition) is 0. The second-order valence-electron chi connectivity index (χ2n) is 8.53. The number of ether oxygens (including phenoxy) is 1. The lowest BCUT2D eigenvalue weighted by Gasteiger charge is -2.53. The van der Waals surface area contributed by atoms with Crippen molar-refractivity contribution in [1.82, 2.24) is 0 Å². The van der Waals surface area contributed by atoms with Gasteiger partial charge in [0.1, 0.15) is 12.4 Å². The summed E-state index contributed by atoms with van der Waals surface area (Å²) in [6.45, 7) is 4.17. The molecule has 0 radical (unpaired) electrons. The number of rotatable bonds is 2. The van der Waals surface area contributed by atoms with Crippen LogP contribution in [0.3, 0.4) is 0 Å². The Labute approximate surface area is 144 Å². The van der Waals surface area contributed by atoms with E-state index in [1.54, 1.807) is 5.57 Å². The fourth-order valence-corrected chi connectivity index (χ4v) is 6.13. The molecule has 4 aliphatic rings. The van der Waals surface area contributed by atoms with Gasteiger partial charge in [-0.15, -0.1) is 0 Å². The Kier molecular flexibility index (Phi) is 3.74. The Morgan fingerprint density at radius 3 is 2.79 bits per heavy atom. The first-order valence-corrected chi connectivity index (χ1v) is 9.55. The van der Waals surface area contributed by atoms with Crippen LogP contribution in [0, 0.1) is 22.7 Å². The first-order valence-electron chi connectivity index (χ1n) is 9.55. The first kappa shape index (κ1) is 16.1. The zero-order chi connectivity index (χ0) is 16.9. The van der Waals surface area contributed by atoms with Crippen LogP contribution in [0.1, 0.15) is 65.2 Å². The number of hydrogen-bond acceptors (Lipinski definition) is 3. The van der Waals surface area contributed by atoms with E-state index in [-0.39, 0.29) is 18.5 Å². The highest BCUT2D eigenvalue weighted by atomic mass is 16.5. The van der Waals surface area contributed by atoms with E-state index in [0.717, 1.165) is 19.3 Å². The maximum Gasteiger partial charge on any atom is 0.302 e. The van der Waals surface area contributed by atoms with Gasteiger partial charge in [0.2, 0.25) is 0 Å². The molecule has 0 N–H and O–H groups in total. The molecule has 0 heterocycles. The van der Waals surface area contributed by atoms with E-state index in [9.17, 15) is 9.59 Å². The second kappa shape index (κ2) is 5.57. The minimum atomic E-state index is -0.440. The van der Waals surface area contributed by atoms with Gasteiger partial charge in [0.25, 0.3) is 0 Å². The molecular weight excluding hydrogens is 300 g/mol. The molecule has 3 saturated carbocycles. The lowest BCUT2D eigenvalue weighted by Crippen LogP contribution is -2.48. The van der Waals surface area contributed by atoms with Gasteiger partial charge in [0.05, 0.1) is 5.41 Å². The predicted molar refractivity (Wildman–Crippen MR) is 92.3 cm³/mol. The normalized spacial score (nSPS) is 40.8. The third-order valence-corrected chi connectivity index (χ3v) is 7.47. The highest BCUT2D eigenvalue weighted by Crippen LogP contribution is 2.62. The molecule has 130 valence electrons. The number of esters is 1. The van der Waals surface area contributed by atoms with E-state index in [1.165, 1.54) is 38.2 Å². The Bertz CT molecular complexity index is 643. The van der Waals surface area contributed by atoms with Crippen LogP contribution in [0.5, 0.6) is 0 Å². The molecule has 0 aromatic rings. The third-order valence-electron chi connectivity index (χ3n) is 7.47. The molecule has 4 atom stereocenters. The van der Waals surface area contributed by atoms with Crippen molar-refractivity contribution in [3.05, 3.63) is 23.3 Å². The summed E-state index contributed by atoms with van der Waals surface area (Å²) in [5.41, 5.74) is 2.96. The summed E-state index contributed by atoms with van der Waals surface area (Å²) in [4.78, 5) is 24.1. The number of carbonyl (C=O) groups is 2. The van der Waals surface area contributed by atoms with Gasteiger partial charge in [-0.2, -0.15) is 0 Å². The average Bonchev–Trinajstić information content (AvgIpc) is 2.90.